The minimum atomic E-state index is -0.248. The zero-order valence-corrected chi connectivity index (χ0v) is 14.7. The first-order valence-electron chi connectivity index (χ1n) is 8.07. The molecule has 0 saturated carbocycles. The number of hydrogen-bond donors (Lipinski definition) is 2. The molecule has 0 radical (unpaired) electrons. The molecule has 0 fully saturated rings. The van der Waals surface area contributed by atoms with Crippen LogP contribution in [0, 0.1) is 6.92 Å². The molecule has 3 aromatic rings. The van der Waals surface area contributed by atoms with Crippen LogP contribution in [0.15, 0.2) is 35.3 Å². The van der Waals surface area contributed by atoms with E-state index in [0.29, 0.717) is 17.0 Å². The van der Waals surface area contributed by atoms with Crippen molar-refractivity contribution >= 4 is 17.0 Å². The molecule has 2 heterocycles. The molecule has 0 saturated heterocycles. The van der Waals surface area contributed by atoms with Crippen LogP contribution in [0.4, 0.5) is 5.95 Å². The Kier molecular flexibility index (Phi) is 3.91. The lowest BCUT2D eigenvalue weighted by Gasteiger charge is -2.20. The first-order valence-corrected chi connectivity index (χ1v) is 8.07. The third-order valence-electron chi connectivity index (χ3n) is 4.00. The van der Waals surface area contributed by atoms with Gasteiger partial charge in [-0.25, -0.2) is 4.68 Å². The van der Waals surface area contributed by atoms with E-state index < -0.39 is 0 Å². The van der Waals surface area contributed by atoms with Crippen molar-refractivity contribution in [2.75, 3.05) is 5.32 Å². The third kappa shape index (κ3) is 3.04. The summed E-state index contributed by atoms with van der Waals surface area (Å²) in [5.41, 5.74) is 2.50. The highest BCUT2D eigenvalue weighted by Gasteiger charge is 2.20. The molecule has 2 N–H and O–H groups in total. The molecule has 6 nitrogen and oxygen atoms in total. The minimum Gasteiger partial charge on any atom is -0.349 e. The van der Waals surface area contributed by atoms with Crippen molar-refractivity contribution in [3.8, 4) is 0 Å². The maximum atomic E-state index is 12.3. The Morgan fingerprint density at radius 3 is 2.50 bits per heavy atom. The quantitative estimate of drug-likeness (QED) is 0.774. The van der Waals surface area contributed by atoms with E-state index in [4.69, 9.17) is 0 Å². The fraction of sp³-hybridized carbons (Fsp3) is 0.389. The Morgan fingerprint density at radius 1 is 1.21 bits per heavy atom. The number of aryl methyl sites for hydroxylation is 1. The summed E-state index contributed by atoms with van der Waals surface area (Å²) >= 11 is 0. The lowest BCUT2D eigenvalue weighted by Crippen LogP contribution is -2.24. The van der Waals surface area contributed by atoms with Crippen LogP contribution in [0.2, 0.25) is 0 Å². The van der Waals surface area contributed by atoms with Crippen LogP contribution < -0.4 is 10.9 Å². The average molecular weight is 325 g/mol. The molecule has 0 spiro atoms. The number of aromatic amines is 1. The van der Waals surface area contributed by atoms with Crippen LogP contribution in [0.5, 0.6) is 0 Å². The van der Waals surface area contributed by atoms with E-state index >= 15 is 0 Å². The highest BCUT2D eigenvalue weighted by molar-refractivity contribution is 5.74. The summed E-state index contributed by atoms with van der Waals surface area (Å²) in [5.74, 6) is 0.451. The second-order valence-corrected chi connectivity index (χ2v) is 7.16. The van der Waals surface area contributed by atoms with Gasteiger partial charge in [0, 0.05) is 0 Å². The van der Waals surface area contributed by atoms with Gasteiger partial charge in [-0.1, -0.05) is 29.8 Å². The summed E-state index contributed by atoms with van der Waals surface area (Å²) in [6.45, 7) is 10.2. The molecule has 2 aromatic heterocycles. The van der Waals surface area contributed by atoms with Gasteiger partial charge in [-0.05, 0) is 40.2 Å². The van der Waals surface area contributed by atoms with E-state index in [2.05, 4.69) is 51.6 Å². The molecule has 3 rings (SSSR count). The van der Waals surface area contributed by atoms with Crippen LogP contribution in [0.1, 0.15) is 44.9 Å². The number of rotatable bonds is 3. The van der Waals surface area contributed by atoms with Gasteiger partial charge in [0.2, 0.25) is 5.95 Å². The maximum absolute atomic E-state index is 12.3. The summed E-state index contributed by atoms with van der Waals surface area (Å²) < 4.78 is 1.78. The number of hydrogen-bond acceptors (Lipinski definition) is 4. The van der Waals surface area contributed by atoms with Gasteiger partial charge in [0.15, 0.2) is 5.65 Å². The van der Waals surface area contributed by atoms with E-state index in [1.807, 2.05) is 27.7 Å². The fourth-order valence-corrected chi connectivity index (χ4v) is 2.62. The van der Waals surface area contributed by atoms with Crippen molar-refractivity contribution in [3.05, 3.63) is 51.9 Å². The Hall–Kier alpha value is -2.63. The maximum Gasteiger partial charge on any atom is 0.263 e. The molecule has 0 aliphatic rings. The van der Waals surface area contributed by atoms with Crippen LogP contribution in [0.25, 0.3) is 11.0 Å². The van der Waals surface area contributed by atoms with Gasteiger partial charge in [-0.15, -0.1) is 0 Å². The molecule has 0 aliphatic carbocycles. The Bertz CT molecular complexity index is 915. The number of nitrogens with zero attached hydrogens (tertiary/aromatic N) is 3. The van der Waals surface area contributed by atoms with E-state index in [1.165, 1.54) is 5.56 Å². The first-order chi connectivity index (χ1) is 11.3. The van der Waals surface area contributed by atoms with Crippen molar-refractivity contribution in [2.45, 2.75) is 46.2 Å². The number of benzene rings is 1. The summed E-state index contributed by atoms with van der Waals surface area (Å²) in [6.07, 6.45) is 1.57. The highest BCUT2D eigenvalue weighted by Crippen LogP contribution is 2.21. The highest BCUT2D eigenvalue weighted by atomic mass is 16.1. The monoisotopic (exact) mass is 325 g/mol. The summed E-state index contributed by atoms with van der Waals surface area (Å²) in [5, 5.41) is 8.09. The molecule has 6 heteroatoms. The minimum absolute atomic E-state index is 0.0252. The van der Waals surface area contributed by atoms with Gasteiger partial charge >= 0.3 is 0 Å². The summed E-state index contributed by atoms with van der Waals surface area (Å²) in [7, 11) is 0. The second kappa shape index (κ2) is 5.78. The largest absolute Gasteiger partial charge is 0.349 e. The van der Waals surface area contributed by atoms with Crippen molar-refractivity contribution in [1.29, 1.82) is 0 Å². The molecule has 24 heavy (non-hydrogen) atoms. The topological polar surface area (TPSA) is 75.6 Å². The van der Waals surface area contributed by atoms with Gasteiger partial charge in [0.25, 0.3) is 5.56 Å². The van der Waals surface area contributed by atoms with Crippen molar-refractivity contribution < 1.29 is 0 Å². The van der Waals surface area contributed by atoms with E-state index in [-0.39, 0.29) is 17.1 Å². The Balaban J connectivity index is 1.98. The summed E-state index contributed by atoms with van der Waals surface area (Å²) in [4.78, 5) is 19.7. The Morgan fingerprint density at radius 2 is 1.88 bits per heavy atom. The normalized spacial score (nSPS) is 13.2. The number of H-pyrrole nitrogens is 1. The van der Waals surface area contributed by atoms with Gasteiger partial charge in [0.1, 0.15) is 5.39 Å². The predicted molar refractivity (Wildman–Crippen MR) is 96.4 cm³/mol. The lowest BCUT2D eigenvalue weighted by atomic mass is 10.1. The standard InChI is InChI=1S/C18H23N5O/c1-11-6-8-13(9-7-11)12(2)20-17-21-15-14(16(24)22-17)10-19-23(15)18(3,4)5/h6-10,12H,1-5H3,(H2,20,21,22,24). The number of fused-ring (bicyclic) bond motifs is 1. The summed E-state index contributed by atoms with van der Waals surface area (Å²) in [6, 6.07) is 8.31. The van der Waals surface area contributed by atoms with Crippen LogP contribution in [-0.2, 0) is 5.54 Å². The van der Waals surface area contributed by atoms with Gasteiger partial charge in [0.05, 0.1) is 17.8 Å². The van der Waals surface area contributed by atoms with Gasteiger partial charge in [-0.2, -0.15) is 10.1 Å². The van der Waals surface area contributed by atoms with E-state index in [0.717, 1.165) is 5.56 Å². The molecular formula is C18H23N5O. The zero-order valence-electron chi connectivity index (χ0n) is 14.7. The van der Waals surface area contributed by atoms with Crippen molar-refractivity contribution in [1.82, 2.24) is 19.7 Å². The molecule has 126 valence electrons. The SMILES string of the molecule is Cc1ccc(C(C)Nc2nc3c(cnn3C(C)(C)C)c(=O)[nH]2)cc1. The first kappa shape index (κ1) is 16.2. The number of nitrogens with one attached hydrogen (secondary N) is 2. The molecule has 0 bridgehead atoms. The molecular weight excluding hydrogens is 302 g/mol. The molecule has 1 aromatic carbocycles. The predicted octanol–water partition coefficient (Wildman–Crippen LogP) is 3.36. The van der Waals surface area contributed by atoms with Crippen molar-refractivity contribution in [3.63, 3.8) is 0 Å². The van der Waals surface area contributed by atoms with Crippen LogP contribution in [-0.4, -0.2) is 19.7 Å². The number of aromatic nitrogens is 4. The molecule has 0 amide bonds. The second-order valence-electron chi connectivity index (χ2n) is 7.16. The molecule has 1 atom stereocenters. The van der Waals surface area contributed by atoms with E-state index in [9.17, 15) is 4.79 Å². The van der Waals surface area contributed by atoms with Gasteiger partial charge < -0.3 is 5.32 Å². The third-order valence-corrected chi connectivity index (χ3v) is 4.00. The molecule has 0 aliphatic heterocycles. The van der Waals surface area contributed by atoms with Gasteiger partial charge in [-0.3, -0.25) is 9.78 Å². The van der Waals surface area contributed by atoms with E-state index in [1.54, 1.807) is 10.9 Å². The smallest absolute Gasteiger partial charge is 0.263 e. The fourth-order valence-electron chi connectivity index (χ4n) is 2.62. The van der Waals surface area contributed by atoms with Crippen molar-refractivity contribution in [2.24, 2.45) is 0 Å². The lowest BCUT2D eigenvalue weighted by molar-refractivity contribution is 0.366. The molecule has 1 unspecified atom stereocenters. The number of anilines is 1. The Labute approximate surface area is 140 Å². The average Bonchev–Trinajstić information content (AvgIpc) is 2.92. The van der Waals surface area contributed by atoms with Crippen LogP contribution in [0.3, 0.4) is 0 Å². The van der Waals surface area contributed by atoms with Crippen LogP contribution >= 0.6 is 0 Å². The zero-order chi connectivity index (χ0) is 17.5.